The molecule has 0 bridgehead atoms. The van der Waals surface area contributed by atoms with Crippen molar-refractivity contribution in [2.75, 3.05) is 11.9 Å². The number of rotatable bonds is 6. The van der Waals surface area contributed by atoms with E-state index < -0.39 is 29.8 Å². The van der Waals surface area contributed by atoms with Gasteiger partial charge in [-0.15, -0.1) is 0 Å². The molecule has 0 radical (unpaired) electrons. The van der Waals surface area contributed by atoms with Crippen molar-refractivity contribution < 1.29 is 32.2 Å². The second-order valence-electron chi connectivity index (χ2n) is 5.08. The Kier molecular flexibility index (Phi) is 5.35. The molecule has 0 saturated carbocycles. The van der Waals surface area contributed by atoms with Crippen LogP contribution < -0.4 is 15.4 Å². The molecule has 9 heteroatoms. The van der Waals surface area contributed by atoms with E-state index in [1.165, 1.54) is 19.3 Å². The lowest BCUT2D eigenvalue weighted by molar-refractivity contribution is -0.0495. The zero-order valence-electron chi connectivity index (χ0n) is 12.6. The van der Waals surface area contributed by atoms with Gasteiger partial charge in [0.2, 0.25) is 0 Å². The maximum absolute atomic E-state index is 13.1. The number of furan rings is 1. The van der Waals surface area contributed by atoms with Gasteiger partial charge in [0.1, 0.15) is 17.2 Å². The van der Waals surface area contributed by atoms with Crippen LogP contribution in [0.25, 0.3) is 0 Å². The Bertz CT molecular complexity index is 690. The summed E-state index contributed by atoms with van der Waals surface area (Å²) >= 11 is 0. The molecule has 6 nitrogen and oxygen atoms in total. The van der Waals surface area contributed by atoms with Crippen LogP contribution in [0.15, 0.2) is 41.0 Å². The van der Waals surface area contributed by atoms with E-state index in [9.17, 15) is 23.1 Å². The van der Waals surface area contributed by atoms with Crippen LogP contribution in [0, 0.1) is 5.82 Å². The molecule has 2 aromatic rings. The third kappa shape index (κ3) is 4.66. The molecule has 1 atom stereocenters. The highest BCUT2D eigenvalue weighted by molar-refractivity contribution is 5.90. The van der Waals surface area contributed by atoms with Gasteiger partial charge < -0.3 is 24.9 Å². The number of ether oxygens (including phenoxy) is 1. The lowest BCUT2D eigenvalue weighted by atomic mass is 10.0. The van der Waals surface area contributed by atoms with Gasteiger partial charge in [-0.05, 0) is 31.2 Å². The van der Waals surface area contributed by atoms with Gasteiger partial charge in [-0.3, -0.25) is 0 Å². The van der Waals surface area contributed by atoms with Crippen LogP contribution in [-0.4, -0.2) is 24.3 Å². The molecule has 1 unspecified atom stereocenters. The summed E-state index contributed by atoms with van der Waals surface area (Å²) < 4.78 is 46.9. The fourth-order valence-electron chi connectivity index (χ4n) is 1.88. The average Bonchev–Trinajstić information content (AvgIpc) is 3.03. The van der Waals surface area contributed by atoms with Gasteiger partial charge in [-0.2, -0.15) is 8.78 Å². The number of hydrogen-bond acceptors (Lipinski definition) is 4. The van der Waals surface area contributed by atoms with Gasteiger partial charge in [-0.1, -0.05) is 0 Å². The monoisotopic (exact) mass is 344 g/mol. The molecule has 0 saturated heterocycles. The van der Waals surface area contributed by atoms with Crippen molar-refractivity contribution in [1.82, 2.24) is 5.32 Å². The molecule has 1 heterocycles. The van der Waals surface area contributed by atoms with E-state index in [4.69, 9.17) is 4.42 Å². The van der Waals surface area contributed by atoms with Crippen molar-refractivity contribution in [2.45, 2.75) is 19.1 Å². The van der Waals surface area contributed by atoms with Crippen LogP contribution in [0.2, 0.25) is 0 Å². The van der Waals surface area contributed by atoms with Gasteiger partial charge in [0.25, 0.3) is 0 Å². The Labute approximate surface area is 135 Å². The Morgan fingerprint density at radius 2 is 2.17 bits per heavy atom. The highest BCUT2D eigenvalue weighted by Gasteiger charge is 2.27. The minimum Gasteiger partial charge on any atom is -0.466 e. The number of halogens is 3. The predicted molar refractivity (Wildman–Crippen MR) is 78.3 cm³/mol. The molecule has 2 amide bonds. The Morgan fingerprint density at radius 1 is 1.42 bits per heavy atom. The minimum atomic E-state index is -3.17. The largest absolute Gasteiger partial charge is 0.466 e. The van der Waals surface area contributed by atoms with Crippen LogP contribution in [0.3, 0.4) is 0 Å². The van der Waals surface area contributed by atoms with Crippen molar-refractivity contribution >= 4 is 11.7 Å². The van der Waals surface area contributed by atoms with E-state index in [0.29, 0.717) is 0 Å². The number of nitrogens with one attached hydrogen (secondary N) is 2. The molecule has 1 aromatic heterocycles. The van der Waals surface area contributed by atoms with E-state index in [0.717, 1.165) is 18.2 Å². The van der Waals surface area contributed by atoms with Gasteiger partial charge in [0.15, 0.2) is 5.75 Å². The first kappa shape index (κ1) is 17.7. The Balaban J connectivity index is 2.00. The smallest absolute Gasteiger partial charge is 0.387 e. The van der Waals surface area contributed by atoms with Crippen molar-refractivity contribution in [2.24, 2.45) is 0 Å². The summed E-state index contributed by atoms with van der Waals surface area (Å²) in [6.45, 7) is -1.96. The molecular weight excluding hydrogens is 329 g/mol. The average molecular weight is 344 g/mol. The molecule has 0 fully saturated rings. The summed E-state index contributed by atoms with van der Waals surface area (Å²) in [6, 6.07) is 5.10. The summed E-state index contributed by atoms with van der Waals surface area (Å²) in [5.41, 5.74) is -1.61. The molecule has 0 aliphatic rings. The number of carbonyl (C=O) groups excluding carboxylic acids is 1. The van der Waals surface area contributed by atoms with E-state index in [2.05, 4.69) is 15.4 Å². The van der Waals surface area contributed by atoms with Gasteiger partial charge in [0, 0.05) is 6.07 Å². The van der Waals surface area contributed by atoms with Crippen LogP contribution in [-0.2, 0) is 5.60 Å². The lowest BCUT2D eigenvalue weighted by Gasteiger charge is -2.21. The van der Waals surface area contributed by atoms with Crippen molar-refractivity contribution in [3.8, 4) is 5.75 Å². The first-order chi connectivity index (χ1) is 11.3. The fourth-order valence-corrected chi connectivity index (χ4v) is 1.88. The van der Waals surface area contributed by atoms with Crippen LogP contribution >= 0.6 is 0 Å². The molecule has 24 heavy (non-hydrogen) atoms. The van der Waals surface area contributed by atoms with Gasteiger partial charge in [-0.25, -0.2) is 9.18 Å². The quantitative estimate of drug-likeness (QED) is 0.752. The minimum absolute atomic E-state index is 0.146. The van der Waals surface area contributed by atoms with Crippen LogP contribution in [0.4, 0.5) is 23.7 Å². The summed E-state index contributed by atoms with van der Waals surface area (Å²) in [5, 5.41) is 14.8. The lowest BCUT2D eigenvalue weighted by Crippen LogP contribution is -2.40. The number of anilines is 1. The normalized spacial score (nSPS) is 13.4. The molecule has 1 aromatic carbocycles. The molecule has 2 rings (SSSR count). The van der Waals surface area contributed by atoms with Crippen molar-refractivity contribution in [1.29, 1.82) is 0 Å². The fraction of sp³-hybridized carbons (Fsp3) is 0.267. The van der Waals surface area contributed by atoms with Gasteiger partial charge >= 0.3 is 12.6 Å². The number of amides is 2. The Morgan fingerprint density at radius 3 is 2.79 bits per heavy atom. The second kappa shape index (κ2) is 7.26. The summed E-state index contributed by atoms with van der Waals surface area (Å²) in [4.78, 5) is 11.9. The highest BCUT2D eigenvalue weighted by Crippen LogP contribution is 2.27. The Hall–Kier alpha value is -2.68. The molecule has 0 aliphatic carbocycles. The third-order valence-corrected chi connectivity index (χ3v) is 3.05. The van der Waals surface area contributed by atoms with Crippen molar-refractivity contribution in [3.05, 3.63) is 48.2 Å². The van der Waals surface area contributed by atoms with E-state index >= 15 is 0 Å². The SMILES string of the molecule is CC(O)(CNC(=O)Nc1ccc(F)cc1OC(F)F)c1ccco1. The third-order valence-electron chi connectivity index (χ3n) is 3.05. The maximum Gasteiger partial charge on any atom is 0.387 e. The summed E-state index contributed by atoms with van der Waals surface area (Å²) in [5.74, 6) is -1.07. The topological polar surface area (TPSA) is 83.7 Å². The van der Waals surface area contributed by atoms with Gasteiger partial charge in [0.05, 0.1) is 18.5 Å². The number of aliphatic hydroxyl groups is 1. The summed E-state index contributed by atoms with van der Waals surface area (Å²) in [6.07, 6.45) is 1.37. The molecule has 130 valence electrons. The molecular formula is C15H15F3N2O4. The molecule has 0 spiro atoms. The van der Waals surface area contributed by atoms with Crippen molar-refractivity contribution in [3.63, 3.8) is 0 Å². The standard InChI is InChI=1S/C15H15F3N2O4/c1-15(22,12-3-2-6-23-12)8-19-14(21)20-10-5-4-9(16)7-11(10)24-13(17)18/h2-7,13,22H,8H2,1H3,(H2,19,20,21). The molecule has 3 N–H and O–H groups in total. The number of urea groups is 1. The molecule has 0 aliphatic heterocycles. The zero-order valence-corrected chi connectivity index (χ0v) is 12.6. The zero-order chi connectivity index (χ0) is 17.7. The first-order valence-electron chi connectivity index (χ1n) is 6.83. The predicted octanol–water partition coefficient (Wildman–Crippen LogP) is 3.05. The maximum atomic E-state index is 13.1. The van der Waals surface area contributed by atoms with Crippen LogP contribution in [0.5, 0.6) is 5.75 Å². The van der Waals surface area contributed by atoms with E-state index in [1.807, 2.05) is 0 Å². The van der Waals surface area contributed by atoms with E-state index in [1.54, 1.807) is 6.07 Å². The number of carbonyl (C=O) groups is 1. The first-order valence-corrected chi connectivity index (χ1v) is 6.83. The second-order valence-corrected chi connectivity index (χ2v) is 5.08. The van der Waals surface area contributed by atoms with Crippen LogP contribution in [0.1, 0.15) is 12.7 Å². The number of benzene rings is 1. The number of hydrogen-bond donors (Lipinski definition) is 3. The van der Waals surface area contributed by atoms with E-state index in [-0.39, 0.29) is 18.0 Å². The highest BCUT2D eigenvalue weighted by atomic mass is 19.3. The number of alkyl halides is 2. The summed E-state index contributed by atoms with van der Waals surface area (Å²) in [7, 11) is 0.